The predicted molar refractivity (Wildman–Crippen MR) is 85.2 cm³/mol. The number of nitrogens with zero attached hydrogens (tertiary/aromatic N) is 1. The fourth-order valence-corrected chi connectivity index (χ4v) is 3.60. The van der Waals surface area contributed by atoms with E-state index >= 15 is 0 Å². The molecule has 0 aromatic rings. The Balaban J connectivity index is 1.78. The third kappa shape index (κ3) is 4.68. The van der Waals surface area contributed by atoms with Gasteiger partial charge in [-0.25, -0.2) is 0 Å². The zero-order chi connectivity index (χ0) is 15.6. The molecule has 0 bridgehead atoms. The minimum atomic E-state index is -0.258. The van der Waals surface area contributed by atoms with Crippen LogP contribution in [0.4, 0.5) is 0 Å². The number of carbonyl (C=O) groups is 1. The number of hydrogen-bond donors (Lipinski definition) is 1. The second-order valence-corrected chi connectivity index (χ2v) is 7.91. The molecular weight excluding hydrogens is 264 g/mol. The van der Waals surface area contributed by atoms with E-state index in [4.69, 9.17) is 4.74 Å². The first kappa shape index (κ1) is 16.8. The molecule has 2 rings (SSSR count). The third-order valence-corrected chi connectivity index (χ3v) is 4.59. The quantitative estimate of drug-likeness (QED) is 0.851. The molecule has 2 aliphatic heterocycles. The van der Waals surface area contributed by atoms with Gasteiger partial charge in [0.25, 0.3) is 0 Å². The molecule has 2 fully saturated rings. The van der Waals surface area contributed by atoms with Crippen LogP contribution in [0.2, 0.25) is 0 Å². The highest BCUT2D eigenvalue weighted by Gasteiger charge is 2.32. The Hall–Kier alpha value is -0.610. The molecule has 0 spiro atoms. The molecule has 2 aliphatic rings. The molecule has 0 aromatic heterocycles. The highest BCUT2D eigenvalue weighted by Crippen LogP contribution is 2.23. The van der Waals surface area contributed by atoms with E-state index in [-0.39, 0.29) is 11.3 Å². The van der Waals surface area contributed by atoms with Crippen LogP contribution in [0.1, 0.15) is 60.3 Å². The van der Waals surface area contributed by atoms with E-state index in [9.17, 15) is 4.79 Å². The van der Waals surface area contributed by atoms with Gasteiger partial charge < -0.3 is 15.0 Å². The number of carbonyl (C=O) groups excluding carboxylic acids is 1. The second-order valence-electron chi connectivity index (χ2n) is 7.91. The first-order valence-corrected chi connectivity index (χ1v) is 8.46. The molecule has 2 heterocycles. The van der Waals surface area contributed by atoms with Gasteiger partial charge in [0.05, 0.1) is 12.2 Å². The van der Waals surface area contributed by atoms with E-state index in [0.717, 1.165) is 38.8 Å². The average molecular weight is 296 g/mol. The van der Waals surface area contributed by atoms with Crippen LogP contribution in [-0.4, -0.2) is 48.2 Å². The molecule has 0 saturated carbocycles. The van der Waals surface area contributed by atoms with Crippen LogP contribution >= 0.6 is 0 Å². The Labute approximate surface area is 129 Å². The standard InChI is InChI=1S/C17H32N2O2/c1-12-10-15(11-13(2)21-12)18-14-6-8-19(9-7-14)16(20)17(3,4)5/h12-15,18H,6-11H2,1-5H3. The molecule has 0 radical (unpaired) electrons. The van der Waals surface area contributed by atoms with E-state index < -0.39 is 0 Å². The van der Waals surface area contributed by atoms with Crippen LogP contribution in [0.5, 0.6) is 0 Å². The van der Waals surface area contributed by atoms with Crippen molar-refractivity contribution >= 4 is 5.91 Å². The molecule has 122 valence electrons. The van der Waals surface area contributed by atoms with Gasteiger partial charge in [0.2, 0.25) is 5.91 Å². The summed E-state index contributed by atoms with van der Waals surface area (Å²) >= 11 is 0. The summed E-state index contributed by atoms with van der Waals surface area (Å²) in [7, 11) is 0. The van der Waals surface area contributed by atoms with Crippen LogP contribution in [0.3, 0.4) is 0 Å². The zero-order valence-electron chi connectivity index (χ0n) is 14.3. The Morgan fingerprint density at radius 2 is 1.57 bits per heavy atom. The molecule has 4 heteroatoms. The van der Waals surface area contributed by atoms with E-state index in [1.807, 2.05) is 25.7 Å². The van der Waals surface area contributed by atoms with Crippen molar-refractivity contribution in [1.29, 1.82) is 0 Å². The van der Waals surface area contributed by atoms with Crippen LogP contribution in [0.15, 0.2) is 0 Å². The van der Waals surface area contributed by atoms with E-state index in [0.29, 0.717) is 24.3 Å². The monoisotopic (exact) mass is 296 g/mol. The van der Waals surface area contributed by atoms with Crippen molar-refractivity contribution < 1.29 is 9.53 Å². The summed E-state index contributed by atoms with van der Waals surface area (Å²) in [6.45, 7) is 12.1. The topological polar surface area (TPSA) is 41.6 Å². The highest BCUT2D eigenvalue weighted by atomic mass is 16.5. The number of amides is 1. The van der Waals surface area contributed by atoms with Crippen molar-refractivity contribution in [1.82, 2.24) is 10.2 Å². The lowest BCUT2D eigenvalue weighted by atomic mass is 9.92. The third-order valence-electron chi connectivity index (χ3n) is 4.59. The van der Waals surface area contributed by atoms with Gasteiger partial charge in [-0.3, -0.25) is 4.79 Å². The Bertz CT molecular complexity index is 346. The maximum Gasteiger partial charge on any atom is 0.227 e. The van der Waals surface area contributed by atoms with Crippen molar-refractivity contribution in [3.05, 3.63) is 0 Å². The number of piperidine rings is 1. The van der Waals surface area contributed by atoms with E-state index in [1.54, 1.807) is 0 Å². The van der Waals surface area contributed by atoms with Gasteiger partial charge in [-0.15, -0.1) is 0 Å². The minimum absolute atomic E-state index is 0.258. The zero-order valence-corrected chi connectivity index (χ0v) is 14.3. The Morgan fingerprint density at radius 1 is 1.05 bits per heavy atom. The van der Waals surface area contributed by atoms with Gasteiger partial charge in [-0.1, -0.05) is 20.8 Å². The van der Waals surface area contributed by atoms with Crippen molar-refractivity contribution in [3.63, 3.8) is 0 Å². The van der Waals surface area contributed by atoms with Crippen molar-refractivity contribution in [3.8, 4) is 0 Å². The van der Waals surface area contributed by atoms with Crippen LogP contribution in [-0.2, 0) is 9.53 Å². The summed E-state index contributed by atoms with van der Waals surface area (Å²) in [5.74, 6) is 0.286. The van der Waals surface area contributed by atoms with Crippen LogP contribution in [0.25, 0.3) is 0 Å². The molecule has 1 amide bonds. The lowest BCUT2D eigenvalue weighted by molar-refractivity contribution is -0.140. The lowest BCUT2D eigenvalue weighted by Gasteiger charge is -2.39. The van der Waals surface area contributed by atoms with Gasteiger partial charge >= 0.3 is 0 Å². The fourth-order valence-electron chi connectivity index (χ4n) is 3.60. The molecule has 2 saturated heterocycles. The summed E-state index contributed by atoms with van der Waals surface area (Å²) < 4.78 is 5.80. The average Bonchev–Trinajstić information content (AvgIpc) is 2.36. The van der Waals surface area contributed by atoms with Gasteiger partial charge in [0.1, 0.15) is 0 Å². The van der Waals surface area contributed by atoms with Gasteiger partial charge in [-0.2, -0.15) is 0 Å². The van der Waals surface area contributed by atoms with Gasteiger partial charge in [0.15, 0.2) is 0 Å². The van der Waals surface area contributed by atoms with E-state index in [2.05, 4.69) is 19.2 Å². The first-order valence-electron chi connectivity index (χ1n) is 8.46. The van der Waals surface area contributed by atoms with Crippen LogP contribution < -0.4 is 5.32 Å². The molecular formula is C17H32N2O2. The molecule has 21 heavy (non-hydrogen) atoms. The van der Waals surface area contributed by atoms with Crippen molar-refractivity contribution in [2.45, 2.75) is 84.6 Å². The summed E-state index contributed by atoms with van der Waals surface area (Å²) in [5, 5.41) is 3.80. The minimum Gasteiger partial charge on any atom is -0.375 e. The first-order chi connectivity index (χ1) is 9.75. The Kier molecular flexibility index (Phi) is 5.31. The molecule has 0 aromatic carbocycles. The summed E-state index contributed by atoms with van der Waals surface area (Å²) in [4.78, 5) is 14.3. The molecule has 1 N–H and O–H groups in total. The number of nitrogens with one attached hydrogen (secondary N) is 1. The smallest absolute Gasteiger partial charge is 0.227 e. The Morgan fingerprint density at radius 3 is 2.05 bits per heavy atom. The molecule has 4 nitrogen and oxygen atoms in total. The number of rotatable bonds is 2. The predicted octanol–water partition coefficient (Wildman–Crippen LogP) is 2.57. The normalized spacial score (nSPS) is 32.2. The second kappa shape index (κ2) is 6.66. The maximum atomic E-state index is 12.3. The summed E-state index contributed by atoms with van der Waals surface area (Å²) in [5.41, 5.74) is -0.258. The van der Waals surface area contributed by atoms with Crippen LogP contribution in [0, 0.1) is 5.41 Å². The SMILES string of the molecule is CC1CC(NC2CCN(C(=O)C(C)(C)C)CC2)CC(C)O1. The van der Waals surface area contributed by atoms with Crippen molar-refractivity contribution in [2.24, 2.45) is 5.41 Å². The van der Waals surface area contributed by atoms with E-state index in [1.165, 1.54) is 0 Å². The van der Waals surface area contributed by atoms with Gasteiger partial charge in [-0.05, 0) is 39.5 Å². The molecule has 2 unspecified atom stereocenters. The number of ether oxygens (including phenoxy) is 1. The largest absolute Gasteiger partial charge is 0.375 e. The summed E-state index contributed by atoms with van der Waals surface area (Å²) in [6.07, 6.45) is 5.06. The summed E-state index contributed by atoms with van der Waals surface area (Å²) in [6, 6.07) is 1.12. The maximum absolute atomic E-state index is 12.3. The molecule has 0 aliphatic carbocycles. The van der Waals surface area contributed by atoms with Crippen molar-refractivity contribution in [2.75, 3.05) is 13.1 Å². The molecule has 2 atom stereocenters. The fraction of sp³-hybridized carbons (Fsp3) is 0.941. The lowest BCUT2D eigenvalue weighted by Crippen LogP contribution is -2.52. The highest BCUT2D eigenvalue weighted by molar-refractivity contribution is 5.81. The number of likely N-dealkylation sites (tertiary alicyclic amines) is 1. The number of hydrogen-bond acceptors (Lipinski definition) is 3. The van der Waals surface area contributed by atoms with Gasteiger partial charge in [0, 0.05) is 30.6 Å².